The summed E-state index contributed by atoms with van der Waals surface area (Å²) in [6, 6.07) is 11.6. The van der Waals surface area contributed by atoms with Gasteiger partial charge in [-0.05, 0) is 55.5 Å². The molecule has 2 aliphatic heterocycles. The summed E-state index contributed by atoms with van der Waals surface area (Å²) in [4.78, 5) is 11.4. The van der Waals surface area contributed by atoms with Crippen LogP contribution in [0.15, 0.2) is 42.7 Å². The molecule has 0 bridgehead atoms. The number of nitrogens with one attached hydrogen (secondary N) is 1. The number of para-hydroxylation sites is 1. The summed E-state index contributed by atoms with van der Waals surface area (Å²) in [5, 5.41) is 0. The zero-order valence-corrected chi connectivity index (χ0v) is 15.6. The Bertz CT molecular complexity index is 717. The molecular weight excluding hydrogens is 320 g/mol. The molecule has 138 valence electrons. The summed E-state index contributed by atoms with van der Waals surface area (Å²) in [6.45, 7) is 7.08. The van der Waals surface area contributed by atoms with E-state index in [1.165, 1.54) is 51.0 Å². The number of hydrogen-bond donors (Lipinski definition) is 1. The number of aromatic nitrogens is 1. The van der Waals surface area contributed by atoms with Gasteiger partial charge in [-0.3, -0.25) is 9.80 Å². The minimum absolute atomic E-state index is 0.749. The number of nitrogens with zero attached hydrogens (tertiary/aromatic N) is 3. The Morgan fingerprint density at radius 1 is 0.923 bits per heavy atom. The zero-order valence-electron chi connectivity index (χ0n) is 15.6. The molecule has 2 aromatic rings. The molecule has 4 nitrogen and oxygen atoms in total. The maximum Gasteiger partial charge on any atom is 0.0510 e. The predicted molar refractivity (Wildman–Crippen MR) is 107 cm³/mol. The third-order valence-electron chi connectivity index (χ3n) is 6.75. The van der Waals surface area contributed by atoms with Gasteiger partial charge in [0.2, 0.25) is 0 Å². The lowest BCUT2D eigenvalue weighted by Crippen LogP contribution is -2.54. The van der Waals surface area contributed by atoms with Crippen molar-refractivity contribution in [1.82, 2.24) is 14.8 Å². The fraction of sp³-hybridized carbons (Fsp3) is 0.545. The van der Waals surface area contributed by atoms with Crippen LogP contribution in [0.2, 0.25) is 0 Å². The van der Waals surface area contributed by atoms with Crippen LogP contribution in [0.1, 0.15) is 36.3 Å². The second kappa shape index (κ2) is 7.09. The maximum atomic E-state index is 3.36. The van der Waals surface area contributed by atoms with Crippen LogP contribution in [0.5, 0.6) is 0 Å². The van der Waals surface area contributed by atoms with Crippen LogP contribution in [0.3, 0.4) is 0 Å². The topological polar surface area (TPSA) is 25.5 Å². The predicted octanol–water partition coefficient (Wildman–Crippen LogP) is 3.29. The molecule has 1 aliphatic carbocycles. The van der Waals surface area contributed by atoms with Gasteiger partial charge < -0.3 is 9.88 Å². The molecule has 1 N–H and O–H groups in total. The average molecular weight is 351 g/mol. The van der Waals surface area contributed by atoms with Crippen molar-refractivity contribution in [3.05, 3.63) is 53.9 Å². The van der Waals surface area contributed by atoms with Crippen LogP contribution < -0.4 is 4.90 Å². The molecule has 3 heterocycles. The number of hydrogen-bond acceptors (Lipinski definition) is 3. The van der Waals surface area contributed by atoms with Crippen molar-refractivity contribution in [2.75, 3.05) is 44.3 Å². The zero-order chi connectivity index (χ0) is 17.3. The smallest absolute Gasteiger partial charge is 0.0510 e. The Morgan fingerprint density at radius 2 is 1.77 bits per heavy atom. The number of H-pyrrole nitrogens is 1. The van der Waals surface area contributed by atoms with E-state index in [1.807, 2.05) is 0 Å². The Hall–Kier alpha value is -1.78. The highest BCUT2D eigenvalue weighted by Gasteiger charge is 2.37. The SMILES string of the molecule is c1ccc(N2CCN(CN3CCC[C@H]4c5c[nH]cc5CC[C@@H]43)CC2)cc1. The largest absolute Gasteiger partial charge is 0.369 e. The summed E-state index contributed by atoms with van der Waals surface area (Å²) >= 11 is 0. The Morgan fingerprint density at radius 3 is 2.62 bits per heavy atom. The van der Waals surface area contributed by atoms with Crippen LogP contribution >= 0.6 is 0 Å². The first kappa shape index (κ1) is 16.4. The molecule has 0 radical (unpaired) electrons. The molecule has 1 aromatic heterocycles. The number of benzene rings is 1. The first-order valence-corrected chi connectivity index (χ1v) is 10.3. The maximum absolute atomic E-state index is 3.36. The number of aryl methyl sites for hydroxylation is 1. The van der Waals surface area contributed by atoms with Crippen molar-refractivity contribution in [2.24, 2.45) is 0 Å². The number of fused-ring (bicyclic) bond motifs is 3. The van der Waals surface area contributed by atoms with E-state index in [-0.39, 0.29) is 0 Å². The number of piperidine rings is 1. The molecule has 0 unspecified atom stereocenters. The monoisotopic (exact) mass is 350 g/mol. The lowest BCUT2D eigenvalue weighted by Gasteiger charge is -2.47. The normalized spacial score (nSPS) is 27.2. The van der Waals surface area contributed by atoms with Crippen molar-refractivity contribution < 1.29 is 0 Å². The Balaban J connectivity index is 1.21. The lowest BCUT2D eigenvalue weighted by atomic mass is 9.76. The van der Waals surface area contributed by atoms with Gasteiger partial charge in [-0.15, -0.1) is 0 Å². The van der Waals surface area contributed by atoms with E-state index in [1.54, 1.807) is 11.1 Å². The summed E-state index contributed by atoms with van der Waals surface area (Å²) in [5.74, 6) is 0.754. The minimum atomic E-state index is 0.749. The third-order valence-corrected chi connectivity index (χ3v) is 6.75. The second-order valence-electron chi connectivity index (χ2n) is 8.19. The van der Waals surface area contributed by atoms with E-state index >= 15 is 0 Å². The number of anilines is 1. The fourth-order valence-electron chi connectivity index (χ4n) is 5.37. The van der Waals surface area contributed by atoms with Gasteiger partial charge in [0.05, 0.1) is 6.67 Å². The van der Waals surface area contributed by atoms with Crippen molar-refractivity contribution in [3.8, 4) is 0 Å². The van der Waals surface area contributed by atoms with Crippen LogP contribution in [-0.4, -0.2) is 60.2 Å². The molecule has 4 heteroatoms. The third kappa shape index (κ3) is 3.06. The van der Waals surface area contributed by atoms with Gasteiger partial charge in [-0.2, -0.15) is 0 Å². The number of aromatic amines is 1. The molecule has 0 amide bonds. The summed E-state index contributed by atoms with van der Waals surface area (Å²) in [7, 11) is 0. The van der Waals surface area contributed by atoms with Gasteiger partial charge in [-0.1, -0.05) is 18.2 Å². The fourth-order valence-corrected chi connectivity index (χ4v) is 5.37. The average Bonchev–Trinajstić information content (AvgIpc) is 3.19. The van der Waals surface area contributed by atoms with E-state index in [4.69, 9.17) is 0 Å². The van der Waals surface area contributed by atoms with E-state index in [0.29, 0.717) is 0 Å². The lowest BCUT2D eigenvalue weighted by molar-refractivity contribution is 0.0449. The molecule has 26 heavy (non-hydrogen) atoms. The number of likely N-dealkylation sites (tertiary alicyclic amines) is 1. The molecule has 2 fully saturated rings. The second-order valence-corrected chi connectivity index (χ2v) is 8.19. The Labute approximate surface area is 156 Å². The van der Waals surface area contributed by atoms with Gasteiger partial charge in [-0.25, -0.2) is 0 Å². The summed E-state index contributed by atoms with van der Waals surface area (Å²) in [5.41, 5.74) is 4.56. The van der Waals surface area contributed by atoms with E-state index in [9.17, 15) is 0 Å². The minimum Gasteiger partial charge on any atom is -0.369 e. The highest BCUT2D eigenvalue weighted by Crippen LogP contribution is 2.40. The molecule has 2 saturated heterocycles. The van der Waals surface area contributed by atoms with Crippen LogP contribution in [0, 0.1) is 0 Å². The van der Waals surface area contributed by atoms with Crippen molar-refractivity contribution in [1.29, 1.82) is 0 Å². The molecule has 2 atom stereocenters. The highest BCUT2D eigenvalue weighted by molar-refractivity contribution is 5.46. The van der Waals surface area contributed by atoms with Crippen molar-refractivity contribution in [3.63, 3.8) is 0 Å². The highest BCUT2D eigenvalue weighted by atomic mass is 15.4. The van der Waals surface area contributed by atoms with Crippen LogP contribution in [-0.2, 0) is 6.42 Å². The van der Waals surface area contributed by atoms with Gasteiger partial charge in [0.25, 0.3) is 0 Å². The first-order chi connectivity index (χ1) is 12.9. The van der Waals surface area contributed by atoms with Crippen LogP contribution in [0.25, 0.3) is 0 Å². The molecule has 3 aliphatic rings. The molecular formula is C22H30N4. The first-order valence-electron chi connectivity index (χ1n) is 10.3. The molecule has 5 rings (SSSR count). The molecule has 0 saturated carbocycles. The van der Waals surface area contributed by atoms with Gasteiger partial charge in [0.15, 0.2) is 0 Å². The van der Waals surface area contributed by atoms with Gasteiger partial charge in [0.1, 0.15) is 0 Å². The quantitative estimate of drug-likeness (QED) is 0.920. The standard InChI is InChI=1S/C22H30N4/c1-2-5-19(6-3-1)25-13-11-24(12-14-25)17-26-10-4-7-20-21-16-23-15-18(21)8-9-22(20)26/h1-3,5-6,15-16,20,22-23H,4,7-14,17H2/t20-,22-/m0/s1. The number of piperazine rings is 1. The van der Waals surface area contributed by atoms with Gasteiger partial charge >= 0.3 is 0 Å². The Kier molecular flexibility index (Phi) is 4.47. The molecule has 0 spiro atoms. The van der Waals surface area contributed by atoms with Crippen molar-refractivity contribution in [2.45, 2.75) is 37.6 Å². The summed E-state index contributed by atoms with van der Waals surface area (Å²) < 4.78 is 0. The van der Waals surface area contributed by atoms with E-state index < -0.39 is 0 Å². The summed E-state index contributed by atoms with van der Waals surface area (Å²) in [6.07, 6.45) is 9.79. The van der Waals surface area contributed by atoms with Gasteiger partial charge in [0, 0.05) is 56.2 Å². The van der Waals surface area contributed by atoms with Crippen LogP contribution in [0.4, 0.5) is 5.69 Å². The number of rotatable bonds is 3. The van der Waals surface area contributed by atoms with E-state index in [2.05, 4.69) is 62.4 Å². The van der Waals surface area contributed by atoms with Crippen molar-refractivity contribution >= 4 is 5.69 Å². The molecule has 1 aromatic carbocycles. The van der Waals surface area contributed by atoms with E-state index in [0.717, 1.165) is 31.7 Å².